The minimum Gasteiger partial charge on any atom is -0.383 e. The topological polar surface area (TPSA) is 83.7 Å². The summed E-state index contributed by atoms with van der Waals surface area (Å²) in [6.07, 6.45) is 1.10. The van der Waals surface area contributed by atoms with Gasteiger partial charge in [0.15, 0.2) is 0 Å². The second kappa shape index (κ2) is 9.48. The van der Waals surface area contributed by atoms with Crippen molar-refractivity contribution in [3.63, 3.8) is 0 Å². The predicted molar refractivity (Wildman–Crippen MR) is 101 cm³/mol. The normalized spacial score (nSPS) is 17.2. The smallest absolute Gasteiger partial charge is 0.317 e. The average Bonchev–Trinajstić information content (AvgIpc) is 3.34. The van der Waals surface area contributed by atoms with Crippen molar-refractivity contribution < 1.29 is 14.1 Å². The number of hydrogen-bond donors (Lipinski definition) is 1. The Kier molecular flexibility index (Phi) is 6.78. The van der Waals surface area contributed by atoms with Crippen molar-refractivity contribution in [3.05, 3.63) is 36.2 Å². The Morgan fingerprint density at radius 3 is 3.00 bits per heavy atom. The number of carbonyl (C=O) groups excluding carboxylic acids is 1. The molecular formula is C19H27N5O3. The number of amides is 2. The molecule has 0 bridgehead atoms. The van der Waals surface area contributed by atoms with Crippen molar-refractivity contribution in [3.8, 4) is 11.4 Å². The SMILES string of the molecule is COCCN1CCC(CNC(=O)N(C)Cc2nc(-c3ccccc3)no2)C1. The Balaban J connectivity index is 1.43. The van der Waals surface area contributed by atoms with Crippen LogP contribution in [0.1, 0.15) is 12.3 Å². The minimum absolute atomic E-state index is 0.134. The first-order valence-electron chi connectivity index (χ1n) is 9.24. The molecule has 0 spiro atoms. The Labute approximate surface area is 159 Å². The Hall–Kier alpha value is -2.45. The number of carbonyl (C=O) groups is 1. The molecule has 2 amide bonds. The Morgan fingerprint density at radius 1 is 1.41 bits per heavy atom. The summed E-state index contributed by atoms with van der Waals surface area (Å²) < 4.78 is 10.4. The second-order valence-corrected chi connectivity index (χ2v) is 6.87. The number of benzene rings is 1. The number of ether oxygens (including phenoxy) is 1. The van der Waals surface area contributed by atoms with Crippen LogP contribution in [0.4, 0.5) is 4.79 Å². The van der Waals surface area contributed by atoms with Crippen LogP contribution in [0.15, 0.2) is 34.9 Å². The summed E-state index contributed by atoms with van der Waals surface area (Å²) in [5.74, 6) is 1.42. The second-order valence-electron chi connectivity index (χ2n) is 6.87. The van der Waals surface area contributed by atoms with Gasteiger partial charge in [-0.25, -0.2) is 4.79 Å². The van der Waals surface area contributed by atoms with E-state index in [1.165, 1.54) is 0 Å². The highest BCUT2D eigenvalue weighted by Crippen LogP contribution is 2.16. The number of likely N-dealkylation sites (tertiary alicyclic amines) is 1. The Bertz CT molecular complexity index is 721. The molecule has 1 aromatic heterocycles. The zero-order valence-electron chi connectivity index (χ0n) is 15.9. The molecule has 1 fully saturated rings. The van der Waals surface area contributed by atoms with Gasteiger partial charge >= 0.3 is 6.03 Å². The highest BCUT2D eigenvalue weighted by molar-refractivity contribution is 5.73. The summed E-state index contributed by atoms with van der Waals surface area (Å²) in [4.78, 5) is 20.6. The van der Waals surface area contributed by atoms with E-state index >= 15 is 0 Å². The van der Waals surface area contributed by atoms with Gasteiger partial charge in [0.25, 0.3) is 0 Å². The maximum atomic E-state index is 12.3. The van der Waals surface area contributed by atoms with Gasteiger partial charge < -0.3 is 24.4 Å². The van der Waals surface area contributed by atoms with Crippen LogP contribution in [-0.4, -0.2) is 72.9 Å². The average molecular weight is 373 g/mol. The summed E-state index contributed by atoms with van der Waals surface area (Å²) in [7, 11) is 3.44. The molecule has 0 radical (unpaired) electrons. The van der Waals surface area contributed by atoms with Crippen LogP contribution < -0.4 is 5.32 Å². The number of rotatable bonds is 8. The van der Waals surface area contributed by atoms with Crippen LogP contribution in [0, 0.1) is 5.92 Å². The fourth-order valence-corrected chi connectivity index (χ4v) is 3.17. The summed E-state index contributed by atoms with van der Waals surface area (Å²) in [6.45, 7) is 4.70. The first-order valence-corrected chi connectivity index (χ1v) is 9.24. The van der Waals surface area contributed by atoms with Crippen molar-refractivity contribution in [1.82, 2.24) is 25.3 Å². The molecule has 2 aromatic rings. The standard InChI is InChI=1S/C19H27N5O3/c1-23(14-17-21-18(22-27-17)16-6-4-3-5-7-16)19(25)20-12-15-8-9-24(13-15)10-11-26-2/h3-7,15H,8-14H2,1-2H3,(H,20,25). The third-order valence-corrected chi connectivity index (χ3v) is 4.74. The lowest BCUT2D eigenvalue weighted by Gasteiger charge is -2.18. The molecule has 27 heavy (non-hydrogen) atoms. The molecule has 1 saturated heterocycles. The Morgan fingerprint density at radius 2 is 2.22 bits per heavy atom. The fraction of sp³-hybridized carbons (Fsp3) is 0.526. The van der Waals surface area contributed by atoms with Gasteiger partial charge in [-0.3, -0.25) is 0 Å². The van der Waals surface area contributed by atoms with Gasteiger partial charge in [-0.05, 0) is 18.9 Å². The molecule has 1 aliphatic heterocycles. The lowest BCUT2D eigenvalue weighted by molar-refractivity contribution is 0.158. The van der Waals surface area contributed by atoms with E-state index in [1.807, 2.05) is 30.3 Å². The lowest BCUT2D eigenvalue weighted by Crippen LogP contribution is -2.39. The molecule has 8 nitrogen and oxygen atoms in total. The number of aromatic nitrogens is 2. The van der Waals surface area contributed by atoms with Crippen molar-refractivity contribution in [2.75, 3.05) is 46.9 Å². The lowest BCUT2D eigenvalue weighted by atomic mass is 10.1. The van der Waals surface area contributed by atoms with E-state index in [2.05, 4.69) is 20.4 Å². The van der Waals surface area contributed by atoms with E-state index < -0.39 is 0 Å². The van der Waals surface area contributed by atoms with Gasteiger partial charge in [0.1, 0.15) is 6.54 Å². The highest BCUT2D eigenvalue weighted by Gasteiger charge is 2.23. The number of nitrogens with zero attached hydrogens (tertiary/aromatic N) is 4. The molecule has 1 aliphatic rings. The molecule has 0 saturated carbocycles. The van der Waals surface area contributed by atoms with Crippen LogP contribution in [0.2, 0.25) is 0 Å². The van der Waals surface area contributed by atoms with E-state index in [-0.39, 0.29) is 12.6 Å². The van der Waals surface area contributed by atoms with Crippen LogP contribution in [0.5, 0.6) is 0 Å². The maximum absolute atomic E-state index is 12.3. The first kappa shape index (κ1) is 19.3. The molecule has 8 heteroatoms. The minimum atomic E-state index is -0.134. The predicted octanol–water partition coefficient (Wildman–Crippen LogP) is 1.85. The highest BCUT2D eigenvalue weighted by atomic mass is 16.5. The molecule has 0 aliphatic carbocycles. The number of hydrogen-bond acceptors (Lipinski definition) is 6. The number of methoxy groups -OCH3 is 1. The fourth-order valence-electron chi connectivity index (χ4n) is 3.17. The van der Waals surface area contributed by atoms with Crippen LogP contribution in [0.25, 0.3) is 11.4 Å². The summed E-state index contributed by atoms with van der Waals surface area (Å²) in [5.41, 5.74) is 0.888. The molecule has 146 valence electrons. The largest absolute Gasteiger partial charge is 0.383 e. The van der Waals surface area contributed by atoms with Crippen molar-refractivity contribution >= 4 is 6.03 Å². The molecule has 3 rings (SSSR count). The summed E-state index contributed by atoms with van der Waals surface area (Å²) in [6, 6.07) is 9.48. The van der Waals surface area contributed by atoms with Crippen molar-refractivity contribution in [1.29, 1.82) is 0 Å². The maximum Gasteiger partial charge on any atom is 0.317 e. The molecular weight excluding hydrogens is 346 g/mol. The van der Waals surface area contributed by atoms with Gasteiger partial charge in [0, 0.05) is 39.4 Å². The molecule has 1 aromatic carbocycles. The zero-order valence-corrected chi connectivity index (χ0v) is 15.9. The van der Waals surface area contributed by atoms with Gasteiger partial charge in [0.05, 0.1) is 6.61 Å². The van der Waals surface area contributed by atoms with E-state index in [0.29, 0.717) is 24.2 Å². The third kappa shape index (κ3) is 5.51. The monoisotopic (exact) mass is 373 g/mol. The van der Waals surface area contributed by atoms with Crippen LogP contribution in [-0.2, 0) is 11.3 Å². The quantitative estimate of drug-likeness (QED) is 0.760. The van der Waals surface area contributed by atoms with E-state index in [4.69, 9.17) is 9.26 Å². The van der Waals surface area contributed by atoms with Gasteiger partial charge in [-0.15, -0.1) is 0 Å². The van der Waals surface area contributed by atoms with E-state index in [0.717, 1.165) is 38.2 Å². The molecule has 1 atom stereocenters. The van der Waals surface area contributed by atoms with E-state index in [9.17, 15) is 4.79 Å². The number of nitrogens with one attached hydrogen (secondary N) is 1. The van der Waals surface area contributed by atoms with Gasteiger partial charge in [0.2, 0.25) is 11.7 Å². The molecule has 1 unspecified atom stereocenters. The van der Waals surface area contributed by atoms with Crippen LogP contribution in [0.3, 0.4) is 0 Å². The third-order valence-electron chi connectivity index (χ3n) is 4.74. The van der Waals surface area contributed by atoms with Gasteiger partial charge in [-0.2, -0.15) is 4.98 Å². The summed E-state index contributed by atoms with van der Waals surface area (Å²) in [5, 5.41) is 6.98. The molecule has 1 N–H and O–H groups in total. The zero-order chi connectivity index (χ0) is 19.1. The van der Waals surface area contributed by atoms with Crippen molar-refractivity contribution in [2.24, 2.45) is 5.92 Å². The van der Waals surface area contributed by atoms with E-state index in [1.54, 1.807) is 19.1 Å². The van der Waals surface area contributed by atoms with Gasteiger partial charge in [-0.1, -0.05) is 35.5 Å². The molecule has 2 heterocycles. The van der Waals surface area contributed by atoms with Crippen molar-refractivity contribution in [2.45, 2.75) is 13.0 Å². The van der Waals surface area contributed by atoms with Crippen LogP contribution >= 0.6 is 0 Å². The first-order chi connectivity index (χ1) is 13.2. The summed E-state index contributed by atoms with van der Waals surface area (Å²) >= 11 is 0. The number of urea groups is 1.